The molecule has 2 aromatic heterocycles. The largest absolute Gasteiger partial charge is 0.456 e. The van der Waals surface area contributed by atoms with Crippen molar-refractivity contribution in [3.05, 3.63) is 198 Å². The van der Waals surface area contributed by atoms with E-state index >= 15 is 0 Å². The van der Waals surface area contributed by atoms with Gasteiger partial charge in [0.2, 0.25) is 0 Å². The van der Waals surface area contributed by atoms with E-state index in [0.717, 1.165) is 14.4 Å². The monoisotopic (exact) mass is 932 g/mol. The minimum atomic E-state index is -2.15. The lowest BCUT2D eigenvalue weighted by Gasteiger charge is -2.46. The fourth-order valence-electron chi connectivity index (χ4n) is 9.46. The zero-order valence-electron chi connectivity index (χ0n) is 67.7. The fourth-order valence-corrected chi connectivity index (χ4v) is 9.46. The van der Waals surface area contributed by atoms with Crippen LogP contribution < -0.4 is 31.1 Å². The van der Waals surface area contributed by atoms with E-state index in [0.29, 0.717) is 4.90 Å². The first-order chi connectivity index (χ1) is 46.5. The van der Waals surface area contributed by atoms with Crippen molar-refractivity contribution in [2.75, 3.05) is 14.7 Å². The summed E-state index contributed by atoms with van der Waals surface area (Å²) in [5, 5.41) is 9.50. The van der Waals surface area contributed by atoms with Crippen molar-refractivity contribution in [3.8, 4) is 11.8 Å². The molecule has 0 radical (unpaired) electrons. The van der Waals surface area contributed by atoms with Gasteiger partial charge in [-0.2, -0.15) is 5.26 Å². The van der Waals surface area contributed by atoms with Crippen molar-refractivity contribution >= 4 is 118 Å². The Hall–Kier alpha value is -8.47. The minimum absolute atomic E-state index is 0.174. The molecule has 3 aliphatic heterocycles. The molecule has 0 aliphatic carbocycles. The number of nitrogens with zero attached hydrogens (tertiary/aromatic N) is 5. The summed E-state index contributed by atoms with van der Waals surface area (Å²) in [4.78, 5) is 2.29. The SMILES string of the molecule is [2H]c1c([2H])c2c3c(c1[2H])-n1c4c([2H])c([2H])c([2H])c([2H])c4c4c([2H])c([2H])c([2H])c(c41)N3c1c([2H])c(C#N)c([2H])c3c1B2c1c([2H])c([2H])c(N(c2c([2H])c([2H])c(C(C)(C)C)c([2H])c2[2H])c2c([2H])c([2H])c(C(C)(C)C)c([2H])c2[2H])c([2H])c1N3c1c([2H])c([2H])c2oc3c([2H])c([2H])c([2H])c([2H])c3c2c1[2H]. The first kappa shape index (κ1) is 20.6. The Morgan fingerprint density at radius 2 is 1.13 bits per heavy atom. The van der Waals surface area contributed by atoms with Crippen molar-refractivity contribution in [2.24, 2.45) is 0 Å². The molecule has 0 saturated heterocycles. The minimum Gasteiger partial charge on any atom is -0.456 e. The summed E-state index contributed by atoms with van der Waals surface area (Å²) in [5.41, 5.74) is -15.5. The molecule has 0 fully saturated rings. The molecule has 6 nitrogen and oxygen atoms in total. The van der Waals surface area contributed by atoms with Gasteiger partial charge in [0.1, 0.15) is 11.2 Å². The van der Waals surface area contributed by atoms with Gasteiger partial charge in [0.15, 0.2) is 0 Å². The van der Waals surface area contributed by atoms with Crippen molar-refractivity contribution in [2.45, 2.75) is 52.4 Å². The van der Waals surface area contributed by atoms with Crippen LogP contribution in [0.1, 0.15) is 99.4 Å². The van der Waals surface area contributed by atoms with Gasteiger partial charge in [-0.3, -0.25) is 0 Å². The number of benzene rings is 9. The Labute approximate surface area is 450 Å². The molecule has 7 heteroatoms. The number of furan rings is 1. The highest BCUT2D eigenvalue weighted by Crippen LogP contribution is 2.53. The average molecular weight is 932 g/mol. The predicted molar refractivity (Wildman–Crippen MR) is 292 cm³/mol. The highest BCUT2D eigenvalue weighted by Gasteiger charge is 2.46. The van der Waals surface area contributed by atoms with Gasteiger partial charge >= 0.3 is 0 Å². The van der Waals surface area contributed by atoms with Gasteiger partial charge in [0.05, 0.1) is 80.9 Å². The maximum atomic E-state index is 11.5. The van der Waals surface area contributed by atoms with E-state index < -0.39 is 321 Å². The Bertz CT molecular complexity index is 5750. The van der Waals surface area contributed by atoms with Crippen LogP contribution in [-0.2, 0) is 10.8 Å². The molecule has 9 aromatic carbocycles. The molecule has 0 spiro atoms. The standard InChI is InChI=1S/C63H48BN5O/c1-62(2,3)39-21-25-41(26-22-39)66(42-27-23-40(24-28-42)63(4,5)6)44-29-31-49-54(36-44)67(43-30-32-58-48(35-43)46-14-8-10-20-57(46)70-58)55-33-38(37-65)34-56-59(55)64(49)50-16-12-19-53-61(50)69(56)52-18-11-15-47-45-13-7-9-17-51(45)68(53)60(47)52/h7-36H,1-6H3/i7D,8D,9D,10D,11D,12D,13D,14D,15D,16D,17D,18D,19D,20D,21D,22D,23D,24D,25D,26D,27D,28D,29D,30D,31D,32D,33D,34D,35D,36D. The number of aromatic nitrogens is 1. The van der Waals surface area contributed by atoms with Crippen molar-refractivity contribution in [3.63, 3.8) is 0 Å². The molecule has 3 aliphatic rings. The van der Waals surface area contributed by atoms with E-state index in [1.54, 1.807) is 41.5 Å². The Balaban J connectivity index is 1.27. The zero-order valence-corrected chi connectivity index (χ0v) is 37.7. The van der Waals surface area contributed by atoms with E-state index in [-0.39, 0.29) is 11.1 Å². The third-order valence-corrected chi connectivity index (χ3v) is 12.7. The summed E-state index contributed by atoms with van der Waals surface area (Å²) in [6.45, 7) is 7.37. The lowest BCUT2D eigenvalue weighted by atomic mass is 9.33. The third kappa shape index (κ3) is 5.68. The van der Waals surface area contributed by atoms with E-state index in [2.05, 4.69) is 0 Å². The molecule has 0 saturated carbocycles. The van der Waals surface area contributed by atoms with Gasteiger partial charge in [-0.05, 0) is 129 Å². The van der Waals surface area contributed by atoms with E-state index in [4.69, 9.17) is 11.3 Å². The van der Waals surface area contributed by atoms with Gasteiger partial charge in [0, 0.05) is 61.4 Å². The number of nitriles is 1. The zero-order chi connectivity index (χ0) is 73.5. The van der Waals surface area contributed by atoms with Crippen molar-refractivity contribution in [1.29, 1.82) is 5.26 Å². The summed E-state index contributed by atoms with van der Waals surface area (Å²) in [5.74, 6) is 0. The lowest BCUT2D eigenvalue weighted by molar-refractivity contribution is 0.590. The lowest BCUT2D eigenvalue weighted by Crippen LogP contribution is -2.61. The van der Waals surface area contributed by atoms with Gasteiger partial charge in [-0.25, -0.2) is 0 Å². The molecule has 0 bridgehead atoms. The van der Waals surface area contributed by atoms with E-state index in [9.17, 15) is 39.5 Å². The molecule has 11 aromatic rings. The van der Waals surface area contributed by atoms with Crippen LogP contribution in [0.5, 0.6) is 0 Å². The van der Waals surface area contributed by atoms with Crippen LogP contribution in [0.3, 0.4) is 0 Å². The van der Waals surface area contributed by atoms with E-state index in [1.165, 1.54) is 0 Å². The van der Waals surface area contributed by atoms with Crippen LogP contribution in [-0.4, -0.2) is 11.3 Å². The highest BCUT2D eigenvalue weighted by molar-refractivity contribution is 7.00. The molecule has 334 valence electrons. The second-order valence-corrected chi connectivity index (χ2v) is 18.9. The number of fused-ring (bicyclic) bond motifs is 12. The first-order valence-corrected chi connectivity index (χ1v) is 21.9. The quantitative estimate of drug-likeness (QED) is 0.165. The molecular weight excluding hydrogens is 854 g/mol. The first-order valence-electron chi connectivity index (χ1n) is 36.9. The van der Waals surface area contributed by atoms with Crippen LogP contribution in [0.15, 0.2) is 186 Å². The summed E-state index contributed by atoms with van der Waals surface area (Å²) in [7, 11) is 0. The Morgan fingerprint density at radius 3 is 1.84 bits per heavy atom. The number of hydrogen-bond acceptors (Lipinski definition) is 5. The third-order valence-electron chi connectivity index (χ3n) is 12.7. The maximum Gasteiger partial charge on any atom is 0.252 e. The van der Waals surface area contributed by atoms with Crippen molar-refractivity contribution in [1.82, 2.24) is 4.57 Å². The van der Waals surface area contributed by atoms with Crippen LogP contribution in [0.2, 0.25) is 0 Å². The molecule has 14 rings (SSSR count). The smallest absolute Gasteiger partial charge is 0.252 e. The average Bonchev–Trinajstić information content (AvgIpc) is 1.17. The molecule has 0 atom stereocenters. The second-order valence-electron chi connectivity index (χ2n) is 18.9. The number of anilines is 9. The molecule has 0 amide bonds. The van der Waals surface area contributed by atoms with Crippen LogP contribution in [0.25, 0.3) is 49.4 Å². The van der Waals surface area contributed by atoms with Crippen molar-refractivity contribution < 1.29 is 45.5 Å². The molecule has 5 heterocycles. The van der Waals surface area contributed by atoms with Crippen LogP contribution in [0.4, 0.5) is 51.2 Å². The molecule has 0 N–H and O–H groups in total. The predicted octanol–water partition coefficient (Wildman–Crippen LogP) is 15.0. The van der Waals surface area contributed by atoms with Crippen LogP contribution >= 0.6 is 0 Å². The van der Waals surface area contributed by atoms with Gasteiger partial charge < -0.3 is 23.7 Å². The van der Waals surface area contributed by atoms with Gasteiger partial charge in [-0.1, -0.05) is 132 Å². The summed E-state index contributed by atoms with van der Waals surface area (Å²) >= 11 is 0. The van der Waals surface area contributed by atoms with E-state index in [1.807, 2.05) is 6.07 Å². The van der Waals surface area contributed by atoms with Gasteiger partial charge in [0.25, 0.3) is 6.71 Å². The molecule has 0 unspecified atom stereocenters. The highest BCUT2D eigenvalue weighted by atomic mass is 16.3. The summed E-state index contributed by atoms with van der Waals surface area (Å²) in [6, 6.07) is -25.3. The number of para-hydroxylation sites is 4. The number of hydrogen-bond donors (Lipinski definition) is 0. The maximum absolute atomic E-state index is 11.5. The molecular formula is C63H48BN5O. The molecule has 70 heavy (non-hydrogen) atoms. The summed E-state index contributed by atoms with van der Waals surface area (Å²) in [6.07, 6.45) is 0. The normalized spacial score (nSPS) is 19.5. The van der Waals surface area contributed by atoms with Crippen LogP contribution in [0, 0.1) is 11.3 Å². The second kappa shape index (κ2) is 14.3. The Morgan fingerprint density at radius 1 is 0.514 bits per heavy atom. The Kier molecular flexibility index (Phi) is 4.21. The topological polar surface area (TPSA) is 51.6 Å². The number of rotatable bonds is 4. The summed E-state index contributed by atoms with van der Waals surface area (Å²) < 4.78 is 297. The fraction of sp³-hybridized carbons (Fsp3) is 0.127. The van der Waals surface area contributed by atoms with Gasteiger partial charge in [-0.15, -0.1) is 0 Å².